The van der Waals surface area contributed by atoms with Crippen LogP contribution in [-0.2, 0) is 26.3 Å². The fourth-order valence-corrected chi connectivity index (χ4v) is 6.52. The van der Waals surface area contributed by atoms with Crippen LogP contribution < -0.4 is 10.2 Å². The number of hydrogen-bond acceptors (Lipinski definition) is 6. The molecule has 1 aliphatic heterocycles. The zero-order chi connectivity index (χ0) is 30.4. The van der Waals surface area contributed by atoms with Crippen LogP contribution in [0.5, 0.6) is 0 Å². The molecule has 1 aromatic heterocycles. The topological polar surface area (TPSA) is 89.4 Å². The molecule has 8 nitrogen and oxygen atoms in total. The van der Waals surface area contributed by atoms with E-state index in [2.05, 4.69) is 60.6 Å². The highest BCUT2D eigenvalue weighted by Crippen LogP contribution is 2.30. The lowest BCUT2D eigenvalue weighted by Gasteiger charge is -2.26. The molecule has 1 saturated carbocycles. The van der Waals surface area contributed by atoms with Crippen LogP contribution in [0.2, 0.25) is 0 Å². The van der Waals surface area contributed by atoms with E-state index < -0.39 is 5.82 Å². The Labute approximate surface area is 257 Å². The van der Waals surface area contributed by atoms with Crippen molar-refractivity contribution in [2.24, 2.45) is 0 Å². The molecule has 43 heavy (non-hydrogen) atoms. The number of ether oxygens (including phenoxy) is 1. The smallest absolute Gasteiger partial charge is 0.240 e. The maximum absolute atomic E-state index is 13.7. The zero-order valence-electron chi connectivity index (χ0n) is 25.4. The van der Waals surface area contributed by atoms with Gasteiger partial charge in [-0.15, -0.1) is 10.2 Å². The van der Waals surface area contributed by atoms with Crippen molar-refractivity contribution in [1.29, 1.82) is 0 Å². The van der Waals surface area contributed by atoms with Crippen molar-refractivity contribution >= 4 is 29.3 Å². The molecule has 1 N–H and O–H groups in total. The summed E-state index contributed by atoms with van der Waals surface area (Å²) in [6, 6.07) is 14.2. The molecule has 0 unspecified atom stereocenters. The van der Waals surface area contributed by atoms with E-state index in [1.54, 1.807) is 0 Å². The van der Waals surface area contributed by atoms with E-state index in [9.17, 15) is 14.0 Å². The SMILES string of the molecule is CC(C)(C)c1ccc(-c2nnc(SCC(=O)N(CC(=O)NC3CCCCC3)c3ccc(F)cc3)n2C[C@@H]2CCCO2)cc1. The molecule has 3 aromatic rings. The zero-order valence-corrected chi connectivity index (χ0v) is 26.2. The number of nitrogens with zero attached hydrogens (tertiary/aromatic N) is 4. The molecule has 1 atom stereocenters. The predicted octanol–water partition coefficient (Wildman–Crippen LogP) is 6.13. The lowest BCUT2D eigenvalue weighted by molar-refractivity contribution is -0.123. The van der Waals surface area contributed by atoms with Crippen molar-refractivity contribution < 1.29 is 18.7 Å². The van der Waals surface area contributed by atoms with E-state index in [1.807, 2.05) is 4.57 Å². The number of anilines is 1. The summed E-state index contributed by atoms with van der Waals surface area (Å²) >= 11 is 1.29. The molecule has 10 heteroatoms. The lowest BCUT2D eigenvalue weighted by atomic mass is 9.87. The third kappa shape index (κ3) is 8.23. The maximum Gasteiger partial charge on any atom is 0.240 e. The number of carbonyl (C=O) groups excluding carboxylic acids is 2. The first-order valence-electron chi connectivity index (χ1n) is 15.3. The molecule has 2 heterocycles. The highest BCUT2D eigenvalue weighted by Gasteiger charge is 2.26. The van der Waals surface area contributed by atoms with Gasteiger partial charge in [0.2, 0.25) is 11.8 Å². The van der Waals surface area contributed by atoms with Crippen LogP contribution in [-0.4, -0.2) is 57.6 Å². The fraction of sp³-hybridized carbons (Fsp3) is 0.515. The minimum atomic E-state index is -0.400. The normalized spacial score (nSPS) is 17.6. The van der Waals surface area contributed by atoms with Gasteiger partial charge in [-0.1, -0.05) is 76.1 Å². The van der Waals surface area contributed by atoms with Crippen molar-refractivity contribution in [1.82, 2.24) is 20.1 Å². The van der Waals surface area contributed by atoms with Crippen molar-refractivity contribution in [3.05, 3.63) is 59.9 Å². The van der Waals surface area contributed by atoms with Gasteiger partial charge in [-0.25, -0.2) is 4.39 Å². The molecular formula is C33H42FN5O3S. The van der Waals surface area contributed by atoms with Crippen molar-refractivity contribution in [3.8, 4) is 11.4 Å². The highest BCUT2D eigenvalue weighted by molar-refractivity contribution is 7.99. The summed E-state index contributed by atoms with van der Waals surface area (Å²) in [4.78, 5) is 28.1. The molecule has 5 rings (SSSR count). The molecule has 2 aliphatic rings. The number of halogens is 1. The second-order valence-corrected chi connectivity index (χ2v) is 13.5. The number of hydrogen-bond donors (Lipinski definition) is 1. The van der Waals surface area contributed by atoms with Gasteiger partial charge in [0.05, 0.1) is 18.4 Å². The lowest BCUT2D eigenvalue weighted by Crippen LogP contribution is -2.45. The van der Waals surface area contributed by atoms with Gasteiger partial charge < -0.3 is 15.0 Å². The third-order valence-electron chi connectivity index (χ3n) is 8.17. The Kier molecular flexibility index (Phi) is 10.2. The van der Waals surface area contributed by atoms with Crippen LogP contribution in [0.1, 0.15) is 71.3 Å². The Balaban J connectivity index is 1.34. The average Bonchev–Trinajstić information content (AvgIpc) is 3.66. The van der Waals surface area contributed by atoms with E-state index >= 15 is 0 Å². The van der Waals surface area contributed by atoms with E-state index in [4.69, 9.17) is 4.74 Å². The second-order valence-electron chi connectivity index (χ2n) is 12.5. The number of rotatable bonds is 10. The summed E-state index contributed by atoms with van der Waals surface area (Å²) in [5.74, 6) is -0.105. The van der Waals surface area contributed by atoms with Gasteiger partial charge in [-0.05, 0) is 60.9 Å². The Morgan fingerprint density at radius 2 is 1.72 bits per heavy atom. The average molecular weight is 608 g/mol. The largest absolute Gasteiger partial charge is 0.376 e. The van der Waals surface area contributed by atoms with E-state index in [1.165, 1.54) is 52.9 Å². The maximum atomic E-state index is 13.7. The predicted molar refractivity (Wildman–Crippen MR) is 168 cm³/mol. The van der Waals surface area contributed by atoms with Gasteiger partial charge in [0, 0.05) is 23.9 Å². The van der Waals surface area contributed by atoms with Gasteiger partial charge in [0.1, 0.15) is 12.4 Å². The van der Waals surface area contributed by atoms with Crippen LogP contribution in [0.25, 0.3) is 11.4 Å². The number of carbonyl (C=O) groups is 2. The van der Waals surface area contributed by atoms with Gasteiger partial charge in [-0.2, -0.15) is 0 Å². The van der Waals surface area contributed by atoms with Crippen LogP contribution in [0.15, 0.2) is 53.7 Å². The Bertz CT molecular complexity index is 1380. The van der Waals surface area contributed by atoms with Crippen LogP contribution in [0, 0.1) is 5.82 Å². The standard InChI is InChI=1S/C33H42FN5O3S/c1-33(2,3)24-13-11-23(12-14-24)31-36-37-32(39(31)20-28-10-7-19-42-28)43-22-30(41)38(27-17-15-25(34)16-18-27)21-29(40)35-26-8-5-4-6-9-26/h11-18,26,28H,4-10,19-22H2,1-3H3,(H,35,40)/t28-/m0/s1. The Morgan fingerprint density at radius 1 is 1.00 bits per heavy atom. The molecule has 2 amide bonds. The van der Waals surface area contributed by atoms with Crippen LogP contribution in [0.4, 0.5) is 10.1 Å². The summed E-state index contributed by atoms with van der Waals surface area (Å²) in [5, 5.41) is 12.7. The first-order chi connectivity index (χ1) is 20.7. The quantitative estimate of drug-likeness (QED) is 0.279. The monoisotopic (exact) mass is 607 g/mol. The number of aromatic nitrogens is 3. The second kappa shape index (κ2) is 14.0. The number of amides is 2. The molecular weight excluding hydrogens is 565 g/mol. The number of nitrogens with one attached hydrogen (secondary N) is 1. The Morgan fingerprint density at radius 3 is 2.37 bits per heavy atom. The van der Waals surface area contributed by atoms with Crippen LogP contribution >= 0.6 is 11.8 Å². The van der Waals surface area contributed by atoms with Crippen LogP contribution in [0.3, 0.4) is 0 Å². The molecule has 2 aromatic carbocycles. The van der Waals surface area contributed by atoms with Gasteiger partial charge in [-0.3, -0.25) is 14.2 Å². The number of benzene rings is 2. The summed E-state index contributed by atoms with van der Waals surface area (Å²) in [6.45, 7) is 7.74. The van der Waals surface area contributed by atoms with Crippen molar-refractivity contribution in [3.63, 3.8) is 0 Å². The van der Waals surface area contributed by atoms with Crippen molar-refractivity contribution in [2.75, 3.05) is 23.8 Å². The van der Waals surface area contributed by atoms with Gasteiger partial charge in [0.25, 0.3) is 0 Å². The highest BCUT2D eigenvalue weighted by atomic mass is 32.2. The van der Waals surface area contributed by atoms with E-state index in [0.717, 1.165) is 56.5 Å². The Hall–Kier alpha value is -3.24. The summed E-state index contributed by atoms with van der Waals surface area (Å²) < 4.78 is 21.7. The summed E-state index contributed by atoms with van der Waals surface area (Å²) in [7, 11) is 0. The molecule has 230 valence electrons. The molecule has 2 fully saturated rings. The first kappa shape index (κ1) is 31.2. The molecule has 1 saturated heterocycles. The van der Waals surface area contributed by atoms with Gasteiger partial charge in [0.15, 0.2) is 11.0 Å². The van der Waals surface area contributed by atoms with Gasteiger partial charge >= 0.3 is 0 Å². The third-order valence-corrected chi connectivity index (χ3v) is 9.12. The fourth-order valence-electron chi connectivity index (χ4n) is 5.70. The van der Waals surface area contributed by atoms with Crippen molar-refractivity contribution in [2.45, 2.75) is 95.0 Å². The first-order valence-corrected chi connectivity index (χ1v) is 16.3. The van der Waals surface area contributed by atoms with E-state index in [0.29, 0.717) is 17.4 Å². The minimum Gasteiger partial charge on any atom is -0.376 e. The summed E-state index contributed by atoms with van der Waals surface area (Å²) in [6.07, 6.45) is 7.30. The molecule has 1 aliphatic carbocycles. The molecule has 0 spiro atoms. The summed E-state index contributed by atoms with van der Waals surface area (Å²) in [5.41, 5.74) is 2.69. The number of thioether (sulfide) groups is 1. The molecule has 0 bridgehead atoms. The molecule has 0 radical (unpaired) electrons. The van der Waals surface area contributed by atoms with E-state index in [-0.39, 0.29) is 41.7 Å². The minimum absolute atomic E-state index is 0.0367.